The molecule has 5 nitrogen and oxygen atoms in total. The van der Waals surface area contributed by atoms with Gasteiger partial charge in [0.25, 0.3) is 0 Å². The first-order valence-corrected chi connectivity index (χ1v) is 10.4. The fourth-order valence-electron chi connectivity index (χ4n) is 4.19. The average molecular weight is 366 g/mol. The molecule has 2 aromatic rings. The molecule has 1 unspecified atom stereocenters. The molecule has 27 heavy (non-hydrogen) atoms. The molecule has 2 aliphatic heterocycles. The molecule has 0 radical (unpaired) electrons. The Morgan fingerprint density at radius 2 is 1.74 bits per heavy atom. The van der Waals surface area contributed by atoms with Crippen LogP contribution in [0.2, 0.25) is 0 Å². The molecule has 0 N–H and O–H groups in total. The summed E-state index contributed by atoms with van der Waals surface area (Å²) in [5, 5.41) is 0. The van der Waals surface area contributed by atoms with Gasteiger partial charge in [-0.05, 0) is 32.7 Å². The summed E-state index contributed by atoms with van der Waals surface area (Å²) in [6.07, 6.45) is 4.96. The highest BCUT2D eigenvalue weighted by Gasteiger charge is 2.25. The van der Waals surface area contributed by atoms with Crippen LogP contribution in [-0.2, 0) is 0 Å². The normalized spacial score (nSPS) is 21.5. The van der Waals surface area contributed by atoms with Gasteiger partial charge in [-0.15, -0.1) is 0 Å². The summed E-state index contributed by atoms with van der Waals surface area (Å²) < 4.78 is 0. The number of aromatic nitrogens is 2. The molecule has 0 bridgehead atoms. The van der Waals surface area contributed by atoms with E-state index in [2.05, 4.69) is 65.1 Å². The van der Waals surface area contributed by atoms with Gasteiger partial charge in [0.05, 0.1) is 5.69 Å². The molecule has 2 fully saturated rings. The molecule has 2 aliphatic rings. The number of likely N-dealkylation sites (N-methyl/N-ethyl adjacent to an activating group) is 1. The van der Waals surface area contributed by atoms with Crippen molar-refractivity contribution in [2.75, 3.05) is 49.6 Å². The summed E-state index contributed by atoms with van der Waals surface area (Å²) in [4.78, 5) is 17.3. The molecular weight excluding hydrogens is 334 g/mol. The number of nitrogens with zero attached hydrogens (tertiary/aromatic N) is 5. The second kappa shape index (κ2) is 8.26. The third kappa shape index (κ3) is 4.08. The van der Waals surface area contributed by atoms with Gasteiger partial charge >= 0.3 is 0 Å². The fraction of sp³-hybridized carbons (Fsp3) is 0.545. The molecule has 5 heteroatoms. The van der Waals surface area contributed by atoms with Crippen LogP contribution in [0.3, 0.4) is 0 Å². The van der Waals surface area contributed by atoms with Gasteiger partial charge in [-0.25, -0.2) is 4.98 Å². The van der Waals surface area contributed by atoms with Gasteiger partial charge in [0.1, 0.15) is 5.82 Å². The Labute approximate surface area is 163 Å². The molecule has 144 valence electrons. The van der Waals surface area contributed by atoms with Crippen LogP contribution in [0.5, 0.6) is 0 Å². The highest BCUT2D eigenvalue weighted by Crippen LogP contribution is 2.29. The molecule has 2 saturated heterocycles. The molecule has 0 saturated carbocycles. The first-order valence-electron chi connectivity index (χ1n) is 10.4. The summed E-state index contributed by atoms with van der Waals surface area (Å²) in [5.41, 5.74) is 2.21. The van der Waals surface area contributed by atoms with Crippen molar-refractivity contribution in [3.8, 4) is 11.3 Å². The Balaban J connectivity index is 1.72. The lowest BCUT2D eigenvalue weighted by Gasteiger charge is -2.37. The summed E-state index contributed by atoms with van der Waals surface area (Å²) in [5.74, 6) is 1.99. The van der Waals surface area contributed by atoms with Crippen LogP contribution in [0.25, 0.3) is 11.3 Å². The van der Waals surface area contributed by atoms with Gasteiger partial charge < -0.3 is 14.7 Å². The predicted octanol–water partition coefficient (Wildman–Crippen LogP) is 3.66. The molecule has 0 aliphatic carbocycles. The zero-order chi connectivity index (χ0) is 18.6. The van der Waals surface area contributed by atoms with Crippen LogP contribution in [0.15, 0.2) is 36.4 Å². The molecule has 3 heterocycles. The summed E-state index contributed by atoms with van der Waals surface area (Å²) in [7, 11) is 2.19. The molecule has 4 rings (SSSR count). The summed E-state index contributed by atoms with van der Waals surface area (Å²) >= 11 is 0. The number of anilines is 2. The SMILES string of the molecule is CCC1CCCCN1c1nc(-c2ccccc2)cc(N2CCN(C)CC2)n1. The number of piperidine rings is 1. The van der Waals surface area contributed by atoms with E-state index < -0.39 is 0 Å². The van der Waals surface area contributed by atoms with E-state index in [1.165, 1.54) is 24.8 Å². The van der Waals surface area contributed by atoms with E-state index in [0.29, 0.717) is 6.04 Å². The van der Waals surface area contributed by atoms with Gasteiger partial charge in [-0.3, -0.25) is 0 Å². The third-order valence-corrected chi connectivity index (χ3v) is 5.95. The first-order chi connectivity index (χ1) is 13.2. The molecular formula is C22H31N5. The number of benzene rings is 1. The van der Waals surface area contributed by atoms with E-state index in [1.54, 1.807) is 0 Å². The maximum absolute atomic E-state index is 5.05. The van der Waals surface area contributed by atoms with Gasteiger partial charge in [-0.2, -0.15) is 4.98 Å². The van der Waals surface area contributed by atoms with Crippen LogP contribution in [0.1, 0.15) is 32.6 Å². The Hall–Kier alpha value is -2.14. The van der Waals surface area contributed by atoms with E-state index >= 15 is 0 Å². The lowest BCUT2D eigenvalue weighted by atomic mass is 10.0. The van der Waals surface area contributed by atoms with Crippen molar-refractivity contribution in [1.82, 2.24) is 14.9 Å². The Morgan fingerprint density at radius 1 is 0.963 bits per heavy atom. The van der Waals surface area contributed by atoms with Crippen molar-refractivity contribution in [2.45, 2.75) is 38.6 Å². The topological polar surface area (TPSA) is 35.5 Å². The highest BCUT2D eigenvalue weighted by atomic mass is 15.3. The smallest absolute Gasteiger partial charge is 0.228 e. The standard InChI is InChI=1S/C22H31N5/c1-3-19-11-7-8-12-27(19)22-23-20(18-9-5-4-6-10-18)17-21(24-22)26-15-13-25(2)14-16-26/h4-6,9-10,17,19H,3,7-8,11-16H2,1-2H3. The van der Waals surface area contributed by atoms with Crippen LogP contribution in [-0.4, -0.2) is 60.7 Å². The third-order valence-electron chi connectivity index (χ3n) is 5.95. The fourth-order valence-corrected chi connectivity index (χ4v) is 4.19. The zero-order valence-corrected chi connectivity index (χ0v) is 16.6. The van der Waals surface area contributed by atoms with Crippen LogP contribution in [0, 0.1) is 0 Å². The lowest BCUT2D eigenvalue weighted by molar-refractivity contribution is 0.312. The number of hydrogen-bond donors (Lipinski definition) is 0. The largest absolute Gasteiger partial charge is 0.354 e. The van der Waals surface area contributed by atoms with Gasteiger partial charge in [-0.1, -0.05) is 37.3 Å². The minimum atomic E-state index is 0.560. The maximum atomic E-state index is 5.05. The summed E-state index contributed by atoms with van der Waals surface area (Å²) in [6, 6.07) is 13.3. The Bertz CT molecular complexity index is 740. The van der Waals surface area contributed by atoms with Crippen molar-refractivity contribution in [3.05, 3.63) is 36.4 Å². The second-order valence-corrected chi connectivity index (χ2v) is 7.82. The quantitative estimate of drug-likeness (QED) is 0.826. The minimum Gasteiger partial charge on any atom is -0.354 e. The molecule has 1 aromatic heterocycles. The first kappa shape index (κ1) is 18.2. The van der Waals surface area contributed by atoms with E-state index in [4.69, 9.17) is 9.97 Å². The number of piperazine rings is 1. The van der Waals surface area contributed by atoms with Crippen molar-refractivity contribution < 1.29 is 0 Å². The van der Waals surface area contributed by atoms with Crippen molar-refractivity contribution in [1.29, 1.82) is 0 Å². The Kier molecular flexibility index (Phi) is 5.58. The van der Waals surface area contributed by atoms with E-state index in [-0.39, 0.29) is 0 Å². The minimum absolute atomic E-state index is 0.560. The average Bonchev–Trinajstić information content (AvgIpc) is 2.74. The Morgan fingerprint density at radius 3 is 2.48 bits per heavy atom. The molecule has 1 atom stereocenters. The van der Waals surface area contributed by atoms with E-state index in [9.17, 15) is 0 Å². The van der Waals surface area contributed by atoms with E-state index in [1.807, 2.05) is 0 Å². The van der Waals surface area contributed by atoms with Crippen LogP contribution < -0.4 is 9.80 Å². The van der Waals surface area contributed by atoms with Gasteiger partial charge in [0, 0.05) is 50.4 Å². The predicted molar refractivity (Wildman–Crippen MR) is 112 cm³/mol. The van der Waals surface area contributed by atoms with Crippen LogP contribution >= 0.6 is 0 Å². The summed E-state index contributed by atoms with van der Waals surface area (Å²) in [6.45, 7) is 7.57. The van der Waals surface area contributed by atoms with Gasteiger partial charge in [0.2, 0.25) is 5.95 Å². The molecule has 1 aromatic carbocycles. The highest BCUT2D eigenvalue weighted by molar-refractivity contribution is 5.65. The lowest BCUT2D eigenvalue weighted by Crippen LogP contribution is -2.45. The van der Waals surface area contributed by atoms with Crippen molar-refractivity contribution in [2.24, 2.45) is 0 Å². The van der Waals surface area contributed by atoms with Crippen LogP contribution in [0.4, 0.5) is 11.8 Å². The maximum Gasteiger partial charge on any atom is 0.228 e. The van der Waals surface area contributed by atoms with E-state index in [0.717, 1.165) is 56.6 Å². The number of hydrogen-bond acceptors (Lipinski definition) is 5. The zero-order valence-electron chi connectivity index (χ0n) is 16.6. The van der Waals surface area contributed by atoms with Crippen molar-refractivity contribution >= 4 is 11.8 Å². The molecule has 0 amide bonds. The van der Waals surface area contributed by atoms with Crippen molar-refractivity contribution in [3.63, 3.8) is 0 Å². The monoisotopic (exact) mass is 365 g/mol. The molecule has 0 spiro atoms. The number of rotatable bonds is 4. The second-order valence-electron chi connectivity index (χ2n) is 7.82. The van der Waals surface area contributed by atoms with Gasteiger partial charge in [0.15, 0.2) is 0 Å².